The van der Waals surface area contributed by atoms with Gasteiger partial charge in [0.05, 0.1) is 19.3 Å². The Morgan fingerprint density at radius 1 is 1.16 bits per heavy atom. The molecule has 2 heterocycles. The molecule has 0 aliphatic carbocycles. The Balaban J connectivity index is 1.74. The number of para-hydroxylation sites is 1. The lowest BCUT2D eigenvalue weighted by molar-refractivity contribution is 0.0601. The molecule has 0 saturated carbocycles. The number of nitrogens with one attached hydrogen (secondary N) is 1. The second-order valence-corrected chi connectivity index (χ2v) is 7.83. The Labute approximate surface area is 181 Å². The first-order valence-corrected chi connectivity index (χ1v) is 10.4. The number of hydrogen-bond acceptors (Lipinski definition) is 5. The number of rotatable bonds is 8. The average Bonchev–Trinajstić information content (AvgIpc) is 3.31. The molecule has 31 heavy (non-hydrogen) atoms. The molecule has 0 saturated heterocycles. The molecule has 0 unspecified atom stereocenters. The molecule has 2 aromatic carbocycles. The van der Waals surface area contributed by atoms with Crippen LogP contribution in [0.15, 0.2) is 48.5 Å². The van der Waals surface area contributed by atoms with Crippen molar-refractivity contribution in [2.24, 2.45) is 0 Å². The van der Waals surface area contributed by atoms with Crippen molar-refractivity contribution in [2.75, 3.05) is 20.3 Å². The van der Waals surface area contributed by atoms with Crippen LogP contribution in [-0.2, 0) is 4.74 Å². The number of hydrogen-bond donors (Lipinski definition) is 2. The normalized spacial score (nSPS) is 15.5. The molecule has 1 aromatic heterocycles. The molecule has 7 nitrogen and oxygen atoms in total. The summed E-state index contributed by atoms with van der Waals surface area (Å²) in [4.78, 5) is 15.1. The quantitative estimate of drug-likeness (QED) is 0.534. The van der Waals surface area contributed by atoms with Crippen LogP contribution in [0.25, 0.3) is 11.3 Å². The van der Waals surface area contributed by atoms with Gasteiger partial charge in [-0.15, -0.1) is 0 Å². The van der Waals surface area contributed by atoms with E-state index in [2.05, 4.69) is 10.2 Å². The summed E-state index contributed by atoms with van der Waals surface area (Å²) in [6.45, 7) is 5.12. The summed E-state index contributed by atoms with van der Waals surface area (Å²) in [5.41, 5.74) is 3.38. The second-order valence-electron chi connectivity index (χ2n) is 7.83. The number of phenolic OH excluding ortho intramolecular Hbond substituents is 1. The van der Waals surface area contributed by atoms with E-state index in [1.807, 2.05) is 49.1 Å². The summed E-state index contributed by atoms with van der Waals surface area (Å²) in [5, 5.41) is 17.7. The van der Waals surface area contributed by atoms with Crippen molar-refractivity contribution < 1.29 is 19.4 Å². The number of amides is 1. The van der Waals surface area contributed by atoms with Crippen LogP contribution < -0.4 is 4.74 Å². The standard InChI is InChI=1S/C24H27N3O4/c1-15(2)31-14-6-13-27-23(16-9-11-17(30-3)12-10-16)20-21(25-26-22(20)24(27)29)18-7-4-5-8-19(18)28/h4-5,7-12,15,23,28H,6,13-14H2,1-3H3,(H,25,26)/t23-/m0/s1. The summed E-state index contributed by atoms with van der Waals surface area (Å²) in [6, 6.07) is 14.4. The Kier molecular flexibility index (Phi) is 5.95. The minimum Gasteiger partial charge on any atom is -0.507 e. The first-order chi connectivity index (χ1) is 15.0. The van der Waals surface area contributed by atoms with Crippen molar-refractivity contribution in [1.29, 1.82) is 0 Å². The van der Waals surface area contributed by atoms with Gasteiger partial charge in [0.25, 0.3) is 5.91 Å². The fourth-order valence-corrected chi connectivity index (χ4v) is 3.99. The van der Waals surface area contributed by atoms with Crippen molar-refractivity contribution in [1.82, 2.24) is 15.1 Å². The molecule has 0 radical (unpaired) electrons. The molecule has 0 fully saturated rings. The summed E-state index contributed by atoms with van der Waals surface area (Å²) < 4.78 is 11.0. The average molecular weight is 421 g/mol. The smallest absolute Gasteiger partial charge is 0.273 e. The van der Waals surface area contributed by atoms with Gasteiger partial charge >= 0.3 is 0 Å². The number of phenols is 1. The van der Waals surface area contributed by atoms with Crippen molar-refractivity contribution in [3.63, 3.8) is 0 Å². The number of methoxy groups -OCH3 is 1. The molecule has 3 aromatic rings. The van der Waals surface area contributed by atoms with Crippen LogP contribution in [0.4, 0.5) is 0 Å². The third-order valence-corrected chi connectivity index (χ3v) is 5.45. The van der Waals surface area contributed by atoms with Gasteiger partial charge in [-0.3, -0.25) is 9.89 Å². The van der Waals surface area contributed by atoms with Crippen molar-refractivity contribution in [3.8, 4) is 22.8 Å². The van der Waals surface area contributed by atoms with Crippen molar-refractivity contribution in [3.05, 3.63) is 65.4 Å². The van der Waals surface area contributed by atoms with Crippen LogP contribution in [0.2, 0.25) is 0 Å². The predicted molar refractivity (Wildman–Crippen MR) is 117 cm³/mol. The van der Waals surface area contributed by atoms with Gasteiger partial charge in [0.1, 0.15) is 22.9 Å². The molecule has 1 aliphatic heterocycles. The highest BCUT2D eigenvalue weighted by Gasteiger charge is 2.42. The molecule has 162 valence electrons. The molecule has 7 heteroatoms. The van der Waals surface area contributed by atoms with Gasteiger partial charge in [-0.25, -0.2) is 0 Å². The second kappa shape index (κ2) is 8.81. The molecule has 1 aliphatic rings. The molecular weight excluding hydrogens is 394 g/mol. The lowest BCUT2D eigenvalue weighted by Crippen LogP contribution is -2.31. The fraction of sp³-hybridized carbons (Fsp3) is 0.333. The maximum Gasteiger partial charge on any atom is 0.273 e. The summed E-state index contributed by atoms with van der Waals surface area (Å²) in [6.07, 6.45) is 0.872. The van der Waals surface area contributed by atoms with E-state index in [1.54, 1.807) is 25.3 Å². The Bertz CT molecular complexity index is 1060. The summed E-state index contributed by atoms with van der Waals surface area (Å²) in [5.74, 6) is 0.773. The van der Waals surface area contributed by atoms with Gasteiger partial charge < -0.3 is 19.5 Å². The van der Waals surface area contributed by atoms with Crippen LogP contribution in [0, 0.1) is 0 Å². The number of H-pyrrole nitrogens is 1. The van der Waals surface area contributed by atoms with Crippen LogP contribution in [0.3, 0.4) is 0 Å². The van der Waals surface area contributed by atoms with E-state index < -0.39 is 0 Å². The predicted octanol–water partition coefficient (Wildman–Crippen LogP) is 4.15. The highest BCUT2D eigenvalue weighted by Crippen LogP contribution is 2.44. The van der Waals surface area contributed by atoms with E-state index in [9.17, 15) is 9.90 Å². The summed E-state index contributed by atoms with van der Waals surface area (Å²) >= 11 is 0. The number of ether oxygens (including phenoxy) is 2. The Hall–Kier alpha value is -3.32. The van der Waals surface area contributed by atoms with Crippen LogP contribution in [-0.4, -0.2) is 52.5 Å². The number of carbonyl (C=O) groups is 1. The van der Waals surface area contributed by atoms with E-state index in [1.165, 1.54) is 0 Å². The number of aromatic nitrogens is 2. The largest absolute Gasteiger partial charge is 0.507 e. The van der Waals surface area contributed by atoms with Gasteiger partial charge in [-0.05, 0) is 50.1 Å². The van der Waals surface area contributed by atoms with Crippen LogP contribution in [0.1, 0.15) is 47.9 Å². The minimum atomic E-state index is -0.319. The monoisotopic (exact) mass is 421 g/mol. The third-order valence-electron chi connectivity index (χ3n) is 5.45. The molecule has 2 N–H and O–H groups in total. The molecule has 0 bridgehead atoms. The van der Waals surface area contributed by atoms with E-state index in [-0.39, 0.29) is 23.8 Å². The number of aromatic amines is 1. The first-order valence-electron chi connectivity index (χ1n) is 10.4. The highest BCUT2D eigenvalue weighted by molar-refractivity contribution is 6.00. The van der Waals surface area contributed by atoms with E-state index in [4.69, 9.17) is 9.47 Å². The zero-order valence-electron chi connectivity index (χ0n) is 18.0. The maximum atomic E-state index is 13.3. The highest BCUT2D eigenvalue weighted by atomic mass is 16.5. The first kappa shape index (κ1) is 20.9. The maximum absolute atomic E-state index is 13.3. The molecule has 0 spiro atoms. The Morgan fingerprint density at radius 2 is 1.90 bits per heavy atom. The number of benzene rings is 2. The third kappa shape index (κ3) is 4.01. The molecular formula is C24H27N3O4. The van der Waals surface area contributed by atoms with Gasteiger partial charge in [0.15, 0.2) is 0 Å². The van der Waals surface area contributed by atoms with Gasteiger partial charge in [0, 0.05) is 24.3 Å². The zero-order chi connectivity index (χ0) is 22.0. The van der Waals surface area contributed by atoms with Crippen molar-refractivity contribution >= 4 is 5.91 Å². The number of aromatic hydroxyl groups is 1. The number of carbonyl (C=O) groups excluding carboxylic acids is 1. The number of fused-ring (bicyclic) bond motifs is 1. The van der Waals surface area contributed by atoms with Crippen LogP contribution >= 0.6 is 0 Å². The summed E-state index contributed by atoms with van der Waals surface area (Å²) in [7, 11) is 1.62. The lowest BCUT2D eigenvalue weighted by Gasteiger charge is -2.26. The van der Waals surface area contributed by atoms with E-state index >= 15 is 0 Å². The van der Waals surface area contributed by atoms with Gasteiger partial charge in [-0.2, -0.15) is 5.10 Å². The minimum absolute atomic E-state index is 0.102. The van der Waals surface area contributed by atoms with Gasteiger partial charge in [-0.1, -0.05) is 24.3 Å². The SMILES string of the molecule is COc1ccc([C@H]2c3c(-c4ccccc4O)n[nH]c3C(=O)N2CCCOC(C)C)cc1. The van der Waals surface area contributed by atoms with Gasteiger partial charge in [0.2, 0.25) is 0 Å². The topological polar surface area (TPSA) is 87.7 Å². The lowest BCUT2D eigenvalue weighted by atomic mass is 9.95. The van der Waals surface area contributed by atoms with Crippen LogP contribution in [0.5, 0.6) is 11.5 Å². The van der Waals surface area contributed by atoms with Crippen molar-refractivity contribution in [2.45, 2.75) is 32.4 Å². The molecule has 4 rings (SSSR count). The Morgan fingerprint density at radius 3 is 2.58 bits per heavy atom. The number of nitrogens with zero attached hydrogens (tertiary/aromatic N) is 2. The molecule has 1 atom stereocenters. The van der Waals surface area contributed by atoms with E-state index in [0.29, 0.717) is 30.1 Å². The zero-order valence-corrected chi connectivity index (χ0v) is 18.0. The fourth-order valence-electron chi connectivity index (χ4n) is 3.99. The molecule has 1 amide bonds. The van der Waals surface area contributed by atoms with E-state index in [0.717, 1.165) is 23.3 Å².